The van der Waals surface area contributed by atoms with Crippen LogP contribution >= 0.6 is 22.9 Å². The number of rotatable bonds is 5. The van der Waals surface area contributed by atoms with Crippen molar-refractivity contribution in [3.05, 3.63) is 22.8 Å². The van der Waals surface area contributed by atoms with E-state index in [0.29, 0.717) is 12.2 Å². The van der Waals surface area contributed by atoms with Crippen molar-refractivity contribution in [1.29, 1.82) is 0 Å². The summed E-state index contributed by atoms with van der Waals surface area (Å²) in [7, 11) is -3.49. The van der Waals surface area contributed by atoms with Crippen LogP contribution < -0.4 is 0 Å². The van der Waals surface area contributed by atoms with E-state index < -0.39 is 10.0 Å². The third kappa shape index (κ3) is 2.63. The second kappa shape index (κ2) is 5.27. The maximum Gasteiger partial charge on any atom is 0.254 e. The standard InChI is InChI=1S/C9H13ClN2O2S2/c1-4-6-12(5-2)16(13,14)8-7(3)11-9(10)15-8/h4H,1,5-6H2,2-3H3. The number of halogens is 1. The molecule has 0 aromatic carbocycles. The van der Waals surface area contributed by atoms with Crippen molar-refractivity contribution in [2.24, 2.45) is 0 Å². The molecule has 16 heavy (non-hydrogen) atoms. The first-order valence-electron chi connectivity index (χ1n) is 4.67. The Hall–Kier alpha value is -0.430. The second-order valence-corrected chi connectivity index (χ2v) is 6.80. The van der Waals surface area contributed by atoms with Gasteiger partial charge in [0.15, 0.2) is 8.68 Å². The highest BCUT2D eigenvalue weighted by Crippen LogP contribution is 2.29. The number of thiazole rings is 1. The summed E-state index contributed by atoms with van der Waals surface area (Å²) in [6.07, 6.45) is 1.55. The lowest BCUT2D eigenvalue weighted by Gasteiger charge is -2.17. The molecular weight excluding hydrogens is 268 g/mol. The van der Waals surface area contributed by atoms with Gasteiger partial charge in [0.1, 0.15) is 0 Å². The van der Waals surface area contributed by atoms with Gasteiger partial charge in [-0.15, -0.1) is 6.58 Å². The Morgan fingerprint density at radius 3 is 2.62 bits per heavy atom. The van der Waals surface area contributed by atoms with Gasteiger partial charge < -0.3 is 0 Å². The van der Waals surface area contributed by atoms with E-state index in [9.17, 15) is 8.42 Å². The highest BCUT2D eigenvalue weighted by molar-refractivity contribution is 7.91. The first-order valence-corrected chi connectivity index (χ1v) is 7.31. The maximum atomic E-state index is 12.2. The van der Waals surface area contributed by atoms with Crippen LogP contribution in [0.25, 0.3) is 0 Å². The molecule has 1 aromatic heterocycles. The van der Waals surface area contributed by atoms with Gasteiger partial charge in [-0.3, -0.25) is 0 Å². The molecule has 1 rings (SSSR count). The van der Waals surface area contributed by atoms with E-state index in [1.54, 1.807) is 19.9 Å². The highest BCUT2D eigenvalue weighted by Gasteiger charge is 2.27. The molecule has 1 heterocycles. The molecule has 4 nitrogen and oxygen atoms in total. The molecule has 0 saturated heterocycles. The van der Waals surface area contributed by atoms with Gasteiger partial charge >= 0.3 is 0 Å². The Bertz CT molecular complexity index is 482. The van der Waals surface area contributed by atoms with Crippen molar-refractivity contribution < 1.29 is 8.42 Å². The van der Waals surface area contributed by atoms with E-state index in [2.05, 4.69) is 11.6 Å². The van der Waals surface area contributed by atoms with Gasteiger partial charge in [0.25, 0.3) is 10.0 Å². The third-order valence-electron chi connectivity index (χ3n) is 1.99. The molecule has 0 amide bonds. The van der Waals surface area contributed by atoms with Gasteiger partial charge in [0, 0.05) is 13.1 Å². The number of aromatic nitrogens is 1. The summed E-state index contributed by atoms with van der Waals surface area (Å²) in [5.41, 5.74) is 0.442. The topological polar surface area (TPSA) is 50.3 Å². The van der Waals surface area contributed by atoms with Gasteiger partial charge in [-0.05, 0) is 6.92 Å². The van der Waals surface area contributed by atoms with Crippen LogP contribution in [-0.2, 0) is 10.0 Å². The first-order chi connectivity index (χ1) is 7.43. The summed E-state index contributed by atoms with van der Waals surface area (Å²) >= 11 is 6.68. The summed E-state index contributed by atoms with van der Waals surface area (Å²) in [6, 6.07) is 0. The molecule has 90 valence electrons. The van der Waals surface area contributed by atoms with Gasteiger partial charge in [-0.2, -0.15) is 4.31 Å². The molecule has 7 heteroatoms. The molecule has 0 unspecified atom stereocenters. The summed E-state index contributed by atoms with van der Waals surface area (Å²) < 4.78 is 26.1. The highest BCUT2D eigenvalue weighted by atomic mass is 35.5. The summed E-state index contributed by atoms with van der Waals surface area (Å²) in [5, 5.41) is 0. The van der Waals surface area contributed by atoms with Crippen molar-refractivity contribution in [1.82, 2.24) is 9.29 Å². The average molecular weight is 281 g/mol. The zero-order valence-electron chi connectivity index (χ0n) is 9.10. The van der Waals surface area contributed by atoms with Crippen molar-refractivity contribution in [2.45, 2.75) is 18.1 Å². The summed E-state index contributed by atoms with van der Waals surface area (Å²) in [5.74, 6) is 0. The number of aryl methyl sites for hydroxylation is 1. The predicted molar refractivity (Wildman–Crippen MR) is 66.5 cm³/mol. The van der Waals surface area contributed by atoms with E-state index in [-0.39, 0.29) is 15.2 Å². The minimum Gasteiger partial charge on any atom is -0.229 e. The van der Waals surface area contributed by atoms with Crippen molar-refractivity contribution >= 4 is 33.0 Å². The molecule has 1 aromatic rings. The Labute approximate surface area is 105 Å². The lowest BCUT2D eigenvalue weighted by Crippen LogP contribution is -2.30. The minimum atomic E-state index is -3.49. The van der Waals surface area contributed by atoms with Crippen LogP contribution in [0.5, 0.6) is 0 Å². The number of likely N-dealkylation sites (N-methyl/N-ethyl adjacent to an activating group) is 1. The molecule has 0 aliphatic carbocycles. The van der Waals surface area contributed by atoms with E-state index in [1.807, 2.05) is 0 Å². The molecule has 0 radical (unpaired) electrons. The van der Waals surface area contributed by atoms with Crippen LogP contribution in [0.4, 0.5) is 0 Å². The summed E-state index contributed by atoms with van der Waals surface area (Å²) in [4.78, 5) is 3.91. The molecule has 0 aliphatic heterocycles. The quantitative estimate of drug-likeness (QED) is 0.778. The first kappa shape index (κ1) is 13.6. The Kier molecular flexibility index (Phi) is 4.49. The van der Waals surface area contributed by atoms with Crippen LogP contribution in [0.1, 0.15) is 12.6 Å². The monoisotopic (exact) mass is 280 g/mol. The summed E-state index contributed by atoms with van der Waals surface area (Å²) in [6.45, 7) is 7.63. The van der Waals surface area contributed by atoms with E-state index in [1.165, 1.54) is 4.31 Å². The SMILES string of the molecule is C=CCN(CC)S(=O)(=O)c1sc(Cl)nc1C. The Morgan fingerprint density at radius 1 is 1.62 bits per heavy atom. The van der Waals surface area contributed by atoms with Gasteiger partial charge in [0.05, 0.1) is 5.69 Å². The van der Waals surface area contributed by atoms with Crippen molar-refractivity contribution in [2.75, 3.05) is 13.1 Å². The van der Waals surface area contributed by atoms with E-state index >= 15 is 0 Å². The van der Waals surface area contributed by atoms with Crippen LogP contribution in [0.3, 0.4) is 0 Å². The molecule has 0 saturated carbocycles. The molecular formula is C9H13ClN2O2S2. The molecule has 0 atom stereocenters. The van der Waals surface area contributed by atoms with Gasteiger partial charge in [0.2, 0.25) is 0 Å². The lowest BCUT2D eigenvalue weighted by molar-refractivity contribution is 0.461. The molecule has 0 fully saturated rings. The lowest BCUT2D eigenvalue weighted by atomic mass is 10.6. The van der Waals surface area contributed by atoms with Crippen LogP contribution in [0.2, 0.25) is 4.47 Å². The zero-order chi connectivity index (χ0) is 12.3. The number of hydrogen-bond acceptors (Lipinski definition) is 4. The van der Waals surface area contributed by atoms with E-state index in [4.69, 9.17) is 11.6 Å². The van der Waals surface area contributed by atoms with Crippen molar-refractivity contribution in [3.8, 4) is 0 Å². The van der Waals surface area contributed by atoms with Gasteiger partial charge in [-0.1, -0.05) is 35.9 Å². The van der Waals surface area contributed by atoms with Gasteiger partial charge in [-0.25, -0.2) is 13.4 Å². The normalized spacial score (nSPS) is 12.0. The fourth-order valence-electron chi connectivity index (χ4n) is 1.25. The average Bonchev–Trinajstić information content (AvgIpc) is 2.54. The smallest absolute Gasteiger partial charge is 0.229 e. The minimum absolute atomic E-state index is 0.209. The van der Waals surface area contributed by atoms with Crippen LogP contribution in [0.15, 0.2) is 16.9 Å². The number of sulfonamides is 1. The fraction of sp³-hybridized carbons (Fsp3) is 0.444. The third-order valence-corrected chi connectivity index (χ3v) is 5.78. The van der Waals surface area contributed by atoms with Crippen molar-refractivity contribution in [3.63, 3.8) is 0 Å². The molecule has 0 spiro atoms. The number of nitrogens with zero attached hydrogens (tertiary/aromatic N) is 2. The Morgan fingerprint density at radius 2 is 2.25 bits per heavy atom. The van der Waals surface area contributed by atoms with E-state index in [0.717, 1.165) is 11.3 Å². The second-order valence-electron chi connectivity index (χ2n) is 3.08. The van der Waals surface area contributed by atoms with Crippen LogP contribution in [0, 0.1) is 6.92 Å². The molecule has 0 N–H and O–H groups in total. The maximum absolute atomic E-state index is 12.2. The van der Waals surface area contributed by atoms with Crippen LogP contribution in [-0.4, -0.2) is 30.8 Å². The number of hydrogen-bond donors (Lipinski definition) is 0. The fourth-order valence-corrected chi connectivity index (χ4v) is 4.54. The zero-order valence-corrected chi connectivity index (χ0v) is 11.5. The molecule has 0 aliphatic rings. The molecule has 0 bridgehead atoms. The Balaban J connectivity index is 3.19. The predicted octanol–water partition coefficient (Wildman–Crippen LogP) is 2.30. The largest absolute Gasteiger partial charge is 0.254 e.